The zero-order chi connectivity index (χ0) is 18.0. The van der Waals surface area contributed by atoms with Crippen LogP contribution in [0.15, 0.2) is 36.4 Å². The van der Waals surface area contributed by atoms with Crippen LogP contribution in [0.1, 0.15) is 22.8 Å². The van der Waals surface area contributed by atoms with Gasteiger partial charge >= 0.3 is 0 Å². The van der Waals surface area contributed by atoms with Gasteiger partial charge in [0.25, 0.3) is 11.6 Å². The number of anilines is 1. The lowest BCUT2D eigenvalue weighted by Gasteiger charge is -2.03. The third-order valence-corrected chi connectivity index (χ3v) is 4.49. The number of benzene rings is 2. The molecule has 1 aromatic heterocycles. The van der Waals surface area contributed by atoms with Gasteiger partial charge in [-0.25, -0.2) is 4.98 Å². The van der Waals surface area contributed by atoms with Crippen LogP contribution in [0.25, 0.3) is 10.2 Å². The highest BCUT2D eigenvalue weighted by Gasteiger charge is 2.16. The zero-order valence-electron chi connectivity index (χ0n) is 13.6. The van der Waals surface area contributed by atoms with E-state index >= 15 is 0 Å². The molecule has 1 N–H and O–H groups in total. The fraction of sp³-hybridized carbons (Fsp3) is 0.176. The highest BCUT2D eigenvalue weighted by molar-refractivity contribution is 7.22. The van der Waals surface area contributed by atoms with E-state index in [0.717, 1.165) is 16.0 Å². The van der Waals surface area contributed by atoms with Crippen LogP contribution in [0.4, 0.5) is 10.8 Å². The summed E-state index contributed by atoms with van der Waals surface area (Å²) in [6, 6.07) is 9.88. The van der Waals surface area contributed by atoms with Crippen molar-refractivity contribution in [1.82, 2.24) is 4.98 Å². The number of rotatable bonds is 5. The number of hydrogen-bond acceptors (Lipinski definition) is 6. The fourth-order valence-electron chi connectivity index (χ4n) is 2.33. The summed E-state index contributed by atoms with van der Waals surface area (Å²) in [5, 5.41) is 14.1. The molecule has 0 radical (unpaired) electrons. The fourth-order valence-corrected chi connectivity index (χ4v) is 3.22. The Kier molecular flexibility index (Phi) is 4.62. The van der Waals surface area contributed by atoms with Gasteiger partial charge in [0, 0.05) is 17.2 Å². The number of nitro groups is 1. The zero-order valence-corrected chi connectivity index (χ0v) is 14.4. The molecule has 0 fully saturated rings. The topological polar surface area (TPSA) is 94.4 Å². The molecule has 0 aliphatic heterocycles. The van der Waals surface area contributed by atoms with E-state index in [4.69, 9.17) is 4.74 Å². The predicted molar refractivity (Wildman–Crippen MR) is 96.6 cm³/mol. The normalized spacial score (nSPS) is 10.6. The van der Waals surface area contributed by atoms with E-state index in [-0.39, 0.29) is 11.3 Å². The summed E-state index contributed by atoms with van der Waals surface area (Å²) in [5.41, 5.74) is 1.38. The van der Waals surface area contributed by atoms with Crippen molar-refractivity contribution in [3.63, 3.8) is 0 Å². The number of amides is 1. The highest BCUT2D eigenvalue weighted by atomic mass is 32.1. The Morgan fingerprint density at radius 1 is 1.32 bits per heavy atom. The molecule has 128 valence electrons. The minimum Gasteiger partial charge on any atom is -0.494 e. The van der Waals surface area contributed by atoms with Gasteiger partial charge in [-0.3, -0.25) is 20.2 Å². The van der Waals surface area contributed by atoms with Gasteiger partial charge in [0.2, 0.25) is 0 Å². The lowest BCUT2D eigenvalue weighted by atomic mass is 10.1. The maximum atomic E-state index is 12.4. The van der Waals surface area contributed by atoms with Gasteiger partial charge in [0.05, 0.1) is 21.7 Å². The molecule has 2 aromatic carbocycles. The molecular weight excluding hydrogens is 342 g/mol. The number of nitrogens with one attached hydrogen (secondary N) is 1. The van der Waals surface area contributed by atoms with Crippen LogP contribution in [0.3, 0.4) is 0 Å². The molecule has 25 heavy (non-hydrogen) atoms. The lowest BCUT2D eigenvalue weighted by Crippen LogP contribution is -2.12. The van der Waals surface area contributed by atoms with Crippen LogP contribution < -0.4 is 10.1 Å². The summed E-state index contributed by atoms with van der Waals surface area (Å²) in [4.78, 5) is 27.2. The molecule has 8 heteroatoms. The number of hydrogen-bond donors (Lipinski definition) is 1. The molecule has 0 spiro atoms. The molecule has 3 aromatic rings. The number of nitro benzene ring substituents is 1. The van der Waals surface area contributed by atoms with Gasteiger partial charge in [-0.2, -0.15) is 0 Å². The second kappa shape index (κ2) is 6.86. The van der Waals surface area contributed by atoms with Crippen molar-refractivity contribution in [2.75, 3.05) is 11.9 Å². The van der Waals surface area contributed by atoms with Crippen LogP contribution in [0.5, 0.6) is 5.75 Å². The summed E-state index contributed by atoms with van der Waals surface area (Å²) in [5.74, 6) is 0.304. The van der Waals surface area contributed by atoms with Gasteiger partial charge in [-0.1, -0.05) is 17.4 Å². The van der Waals surface area contributed by atoms with Crippen LogP contribution in [0.2, 0.25) is 0 Å². The van der Waals surface area contributed by atoms with Crippen LogP contribution in [0, 0.1) is 17.0 Å². The highest BCUT2D eigenvalue weighted by Crippen LogP contribution is 2.30. The number of fused-ring (bicyclic) bond motifs is 1. The minimum atomic E-state index is -0.501. The monoisotopic (exact) mass is 357 g/mol. The molecule has 0 unspecified atom stereocenters. The summed E-state index contributed by atoms with van der Waals surface area (Å²) < 4.78 is 6.33. The largest absolute Gasteiger partial charge is 0.494 e. The maximum absolute atomic E-state index is 12.4. The smallest absolute Gasteiger partial charge is 0.273 e. The maximum Gasteiger partial charge on any atom is 0.273 e. The van der Waals surface area contributed by atoms with E-state index in [1.54, 1.807) is 19.1 Å². The average Bonchev–Trinajstić information content (AvgIpc) is 2.96. The lowest BCUT2D eigenvalue weighted by molar-refractivity contribution is -0.385. The molecule has 0 saturated heterocycles. The second-order valence-electron chi connectivity index (χ2n) is 5.29. The Morgan fingerprint density at radius 3 is 2.84 bits per heavy atom. The van der Waals surface area contributed by atoms with Gasteiger partial charge in [-0.05, 0) is 38.1 Å². The first-order chi connectivity index (χ1) is 12.0. The van der Waals surface area contributed by atoms with Crippen molar-refractivity contribution in [3.05, 3.63) is 57.6 Å². The molecule has 0 atom stereocenters. The van der Waals surface area contributed by atoms with E-state index < -0.39 is 10.8 Å². The van der Waals surface area contributed by atoms with Crippen molar-refractivity contribution in [1.29, 1.82) is 0 Å². The Hall–Kier alpha value is -3.00. The Balaban J connectivity index is 1.84. The quantitative estimate of drug-likeness (QED) is 0.546. The SMILES string of the molecule is CCOc1ccc2nc(NC(=O)c3ccc(C)c([N+](=O)[O-])c3)sc2c1. The van der Waals surface area contributed by atoms with E-state index in [0.29, 0.717) is 17.3 Å². The number of ether oxygens (including phenoxy) is 1. The number of aromatic nitrogens is 1. The standard InChI is InChI=1S/C17H15N3O4S/c1-3-24-12-6-7-13-15(9-12)25-17(18-13)19-16(21)11-5-4-10(2)14(8-11)20(22)23/h4-9H,3H2,1-2H3,(H,18,19,21). The summed E-state index contributed by atoms with van der Waals surface area (Å²) >= 11 is 1.32. The molecule has 7 nitrogen and oxygen atoms in total. The van der Waals surface area contributed by atoms with Gasteiger partial charge in [-0.15, -0.1) is 0 Å². The van der Waals surface area contributed by atoms with E-state index in [1.807, 2.05) is 25.1 Å². The van der Waals surface area contributed by atoms with Gasteiger partial charge < -0.3 is 4.74 Å². The molecule has 1 heterocycles. The van der Waals surface area contributed by atoms with Gasteiger partial charge in [0.15, 0.2) is 5.13 Å². The van der Waals surface area contributed by atoms with Crippen LogP contribution in [-0.2, 0) is 0 Å². The number of carbonyl (C=O) groups excluding carboxylic acids is 1. The van der Waals surface area contributed by atoms with Crippen molar-refractivity contribution in [3.8, 4) is 5.75 Å². The van der Waals surface area contributed by atoms with Crippen LogP contribution in [-0.4, -0.2) is 22.4 Å². The minimum absolute atomic E-state index is 0.0849. The molecule has 1 amide bonds. The first-order valence-corrected chi connectivity index (χ1v) is 8.39. The Labute approximate surface area is 147 Å². The van der Waals surface area contributed by atoms with E-state index in [2.05, 4.69) is 10.3 Å². The Bertz CT molecular complexity index is 968. The van der Waals surface area contributed by atoms with Crippen molar-refractivity contribution >= 4 is 38.3 Å². The molecule has 0 saturated carbocycles. The molecule has 0 aliphatic carbocycles. The third kappa shape index (κ3) is 3.58. The molecular formula is C17H15N3O4S. The average molecular weight is 357 g/mol. The summed E-state index contributed by atoms with van der Waals surface area (Å²) in [6.45, 7) is 4.10. The van der Waals surface area contributed by atoms with Crippen molar-refractivity contribution < 1.29 is 14.5 Å². The van der Waals surface area contributed by atoms with E-state index in [9.17, 15) is 14.9 Å². The van der Waals surface area contributed by atoms with Crippen molar-refractivity contribution in [2.24, 2.45) is 0 Å². The molecule has 0 bridgehead atoms. The Morgan fingerprint density at radius 2 is 2.12 bits per heavy atom. The van der Waals surface area contributed by atoms with Crippen molar-refractivity contribution in [2.45, 2.75) is 13.8 Å². The number of aryl methyl sites for hydroxylation is 1. The summed E-state index contributed by atoms with van der Waals surface area (Å²) in [6.07, 6.45) is 0. The number of thiazole rings is 1. The third-order valence-electron chi connectivity index (χ3n) is 3.56. The number of carbonyl (C=O) groups is 1. The molecule has 0 aliphatic rings. The van der Waals surface area contributed by atoms with Crippen LogP contribution >= 0.6 is 11.3 Å². The molecule has 3 rings (SSSR count). The van der Waals surface area contributed by atoms with E-state index in [1.165, 1.54) is 17.4 Å². The van der Waals surface area contributed by atoms with Gasteiger partial charge in [0.1, 0.15) is 5.75 Å². The first kappa shape index (κ1) is 16.8. The first-order valence-electron chi connectivity index (χ1n) is 7.57. The predicted octanol–water partition coefficient (Wildman–Crippen LogP) is 4.16. The summed E-state index contributed by atoms with van der Waals surface area (Å²) in [7, 11) is 0. The number of nitrogens with zero attached hydrogens (tertiary/aromatic N) is 2. The second-order valence-corrected chi connectivity index (χ2v) is 6.32.